The van der Waals surface area contributed by atoms with E-state index < -0.39 is 5.82 Å². The monoisotopic (exact) mass is 263 g/mol. The summed E-state index contributed by atoms with van der Waals surface area (Å²) in [5.74, 6) is -0.844. The Hall–Kier alpha value is -0.800. The van der Waals surface area contributed by atoms with Gasteiger partial charge in [-0.1, -0.05) is 18.5 Å². The number of hydrogen-bond acceptors (Lipinski definition) is 1. The second-order valence-corrected chi connectivity index (χ2v) is 4.37. The molecule has 0 saturated heterocycles. The van der Waals surface area contributed by atoms with E-state index in [0.29, 0.717) is 12.1 Å². The number of carbonyl (C=O) groups is 1. The highest BCUT2D eigenvalue weighted by Crippen LogP contribution is 2.15. The van der Waals surface area contributed by atoms with Crippen LogP contribution in [0.5, 0.6) is 0 Å². The van der Waals surface area contributed by atoms with Crippen molar-refractivity contribution in [2.75, 3.05) is 6.54 Å². The first-order chi connectivity index (χ1) is 7.54. The third-order valence-corrected chi connectivity index (χ3v) is 2.86. The molecule has 0 aromatic heterocycles. The fourth-order valence-corrected chi connectivity index (χ4v) is 1.34. The molecule has 1 rings (SSSR count). The maximum Gasteiger partial charge on any atom is 0.251 e. The summed E-state index contributed by atoms with van der Waals surface area (Å²) in [5.41, 5.74) is 0.325. The Morgan fingerprint density at radius 2 is 2.25 bits per heavy atom. The molecule has 1 unspecified atom stereocenters. The van der Waals surface area contributed by atoms with Crippen molar-refractivity contribution in [3.05, 3.63) is 34.6 Å². The van der Waals surface area contributed by atoms with Gasteiger partial charge in [0, 0.05) is 12.1 Å². The lowest BCUT2D eigenvalue weighted by atomic mass is 10.2. The predicted octanol–water partition coefficient (Wildman–Crippen LogP) is 3.23. The van der Waals surface area contributed by atoms with Crippen LogP contribution in [0.1, 0.15) is 23.7 Å². The zero-order valence-electron chi connectivity index (χ0n) is 8.77. The van der Waals surface area contributed by atoms with Crippen molar-refractivity contribution >= 4 is 29.1 Å². The van der Waals surface area contributed by atoms with Gasteiger partial charge < -0.3 is 5.32 Å². The summed E-state index contributed by atoms with van der Waals surface area (Å²) in [5, 5.41) is 2.48. The first-order valence-electron chi connectivity index (χ1n) is 4.92. The molecule has 5 heteroatoms. The molecule has 16 heavy (non-hydrogen) atoms. The van der Waals surface area contributed by atoms with Crippen molar-refractivity contribution in [1.82, 2.24) is 5.32 Å². The van der Waals surface area contributed by atoms with Gasteiger partial charge in [-0.05, 0) is 24.6 Å². The Morgan fingerprint density at radius 1 is 1.56 bits per heavy atom. The maximum atomic E-state index is 12.8. The smallest absolute Gasteiger partial charge is 0.251 e. The number of hydrogen-bond donors (Lipinski definition) is 1. The minimum atomic E-state index is -0.540. The van der Waals surface area contributed by atoms with Crippen LogP contribution in [-0.4, -0.2) is 17.8 Å². The standard InChI is InChI=1S/C11H12Cl2FNO/c1-2-8(12)6-15-11(16)7-3-4-10(14)9(13)5-7/h3-5,8H,2,6H2,1H3,(H,15,16). The fraction of sp³-hybridized carbons (Fsp3) is 0.364. The predicted molar refractivity (Wildman–Crippen MR) is 63.7 cm³/mol. The summed E-state index contributed by atoms with van der Waals surface area (Å²) >= 11 is 11.4. The van der Waals surface area contributed by atoms with Crippen molar-refractivity contribution in [2.45, 2.75) is 18.7 Å². The molecular weight excluding hydrogens is 252 g/mol. The number of alkyl halides is 1. The van der Waals surface area contributed by atoms with E-state index in [1.54, 1.807) is 0 Å². The van der Waals surface area contributed by atoms with Crippen molar-refractivity contribution in [2.24, 2.45) is 0 Å². The minimum absolute atomic E-state index is 0.0643. The molecule has 0 radical (unpaired) electrons. The third-order valence-electron chi connectivity index (χ3n) is 2.11. The van der Waals surface area contributed by atoms with E-state index >= 15 is 0 Å². The van der Waals surface area contributed by atoms with Crippen LogP contribution >= 0.6 is 23.2 Å². The zero-order valence-corrected chi connectivity index (χ0v) is 10.3. The van der Waals surface area contributed by atoms with E-state index in [0.717, 1.165) is 12.5 Å². The van der Waals surface area contributed by atoms with Gasteiger partial charge in [-0.25, -0.2) is 4.39 Å². The first-order valence-corrected chi connectivity index (χ1v) is 5.73. The molecule has 0 aliphatic carbocycles. The van der Waals surface area contributed by atoms with Gasteiger partial charge in [0.2, 0.25) is 0 Å². The van der Waals surface area contributed by atoms with Gasteiger partial charge in [0.25, 0.3) is 5.91 Å². The van der Waals surface area contributed by atoms with Crippen LogP contribution in [0.2, 0.25) is 5.02 Å². The quantitative estimate of drug-likeness (QED) is 0.831. The van der Waals surface area contributed by atoms with Gasteiger partial charge in [0.1, 0.15) is 5.82 Å². The molecule has 1 N–H and O–H groups in total. The molecule has 0 aliphatic rings. The van der Waals surface area contributed by atoms with Crippen molar-refractivity contribution in [3.63, 3.8) is 0 Å². The molecule has 0 heterocycles. The van der Waals surface area contributed by atoms with Crippen LogP contribution in [0.3, 0.4) is 0 Å². The van der Waals surface area contributed by atoms with Crippen LogP contribution in [0.15, 0.2) is 18.2 Å². The molecule has 1 aromatic carbocycles. The van der Waals surface area contributed by atoms with Gasteiger partial charge >= 0.3 is 0 Å². The molecule has 1 atom stereocenters. The second-order valence-electron chi connectivity index (χ2n) is 3.34. The summed E-state index contributed by atoms with van der Waals surface area (Å²) in [6.45, 7) is 2.31. The third kappa shape index (κ3) is 3.65. The Bertz CT molecular complexity index is 384. The highest BCUT2D eigenvalue weighted by atomic mass is 35.5. The number of carbonyl (C=O) groups excluding carboxylic acids is 1. The second kappa shape index (κ2) is 6.06. The lowest BCUT2D eigenvalue weighted by molar-refractivity contribution is 0.0953. The topological polar surface area (TPSA) is 29.1 Å². The van der Waals surface area contributed by atoms with E-state index in [9.17, 15) is 9.18 Å². The zero-order chi connectivity index (χ0) is 12.1. The molecule has 0 spiro atoms. The molecule has 0 aliphatic heterocycles. The van der Waals surface area contributed by atoms with Gasteiger partial charge in [-0.15, -0.1) is 11.6 Å². The summed E-state index contributed by atoms with van der Waals surface area (Å²) in [4.78, 5) is 11.6. The SMILES string of the molecule is CCC(Cl)CNC(=O)c1ccc(F)c(Cl)c1. The molecule has 0 bridgehead atoms. The van der Waals surface area contributed by atoms with E-state index in [-0.39, 0.29) is 16.3 Å². The van der Waals surface area contributed by atoms with E-state index in [1.807, 2.05) is 6.92 Å². The van der Waals surface area contributed by atoms with Crippen LogP contribution < -0.4 is 5.32 Å². The van der Waals surface area contributed by atoms with Crippen molar-refractivity contribution in [3.8, 4) is 0 Å². The van der Waals surface area contributed by atoms with Gasteiger partial charge in [-0.2, -0.15) is 0 Å². The highest BCUT2D eigenvalue weighted by Gasteiger charge is 2.09. The van der Waals surface area contributed by atoms with Crippen LogP contribution in [-0.2, 0) is 0 Å². The number of benzene rings is 1. The molecule has 1 aromatic rings. The summed E-state index contributed by atoms with van der Waals surface area (Å²) < 4.78 is 12.8. The number of rotatable bonds is 4. The molecule has 88 valence electrons. The van der Waals surface area contributed by atoms with Crippen molar-refractivity contribution in [1.29, 1.82) is 0 Å². The Morgan fingerprint density at radius 3 is 2.81 bits per heavy atom. The molecule has 0 saturated carbocycles. The average molecular weight is 264 g/mol. The van der Waals surface area contributed by atoms with Crippen LogP contribution in [0.4, 0.5) is 4.39 Å². The summed E-state index contributed by atoms with van der Waals surface area (Å²) in [6.07, 6.45) is 0.770. The Kier molecular flexibility index (Phi) is 5.03. The van der Waals surface area contributed by atoms with Crippen LogP contribution in [0.25, 0.3) is 0 Å². The average Bonchev–Trinajstić information content (AvgIpc) is 2.29. The Balaban J connectivity index is 2.63. The van der Waals surface area contributed by atoms with Gasteiger partial charge in [0.05, 0.1) is 10.4 Å². The normalized spacial score (nSPS) is 12.2. The van der Waals surface area contributed by atoms with E-state index in [4.69, 9.17) is 23.2 Å². The maximum absolute atomic E-state index is 12.8. The van der Waals surface area contributed by atoms with E-state index in [2.05, 4.69) is 5.32 Å². The number of halogens is 3. The van der Waals surface area contributed by atoms with E-state index in [1.165, 1.54) is 12.1 Å². The first kappa shape index (κ1) is 13.3. The number of amides is 1. The molecule has 0 fully saturated rings. The minimum Gasteiger partial charge on any atom is -0.351 e. The lowest BCUT2D eigenvalue weighted by Gasteiger charge is -2.08. The summed E-state index contributed by atoms with van der Waals surface area (Å²) in [7, 11) is 0. The Labute approximate surface area is 104 Å². The lowest BCUT2D eigenvalue weighted by Crippen LogP contribution is -2.29. The van der Waals surface area contributed by atoms with Gasteiger partial charge in [-0.3, -0.25) is 4.79 Å². The highest BCUT2D eigenvalue weighted by molar-refractivity contribution is 6.31. The largest absolute Gasteiger partial charge is 0.351 e. The molecule has 2 nitrogen and oxygen atoms in total. The van der Waals surface area contributed by atoms with Gasteiger partial charge in [0.15, 0.2) is 0 Å². The van der Waals surface area contributed by atoms with Crippen molar-refractivity contribution < 1.29 is 9.18 Å². The molecular formula is C11H12Cl2FNO. The fourth-order valence-electron chi connectivity index (χ4n) is 1.09. The molecule has 1 amide bonds. The van der Waals surface area contributed by atoms with Crippen LogP contribution in [0, 0.1) is 5.82 Å². The number of nitrogens with one attached hydrogen (secondary N) is 1. The summed E-state index contributed by atoms with van der Waals surface area (Å²) in [6, 6.07) is 3.84.